The average Bonchev–Trinajstić information content (AvgIpc) is 2.80. The molecule has 0 heterocycles. The summed E-state index contributed by atoms with van der Waals surface area (Å²) in [7, 11) is 0. The van der Waals surface area contributed by atoms with Crippen LogP contribution in [0, 0.1) is 0 Å². The smallest absolute Gasteiger partial charge is 0.328 e. The van der Waals surface area contributed by atoms with Gasteiger partial charge in [-0.3, -0.25) is 0 Å². The maximum absolute atomic E-state index is 10.3. The molecule has 33 heavy (non-hydrogen) atoms. The molecule has 0 aromatic heterocycles. The molecule has 0 aromatic rings. The van der Waals surface area contributed by atoms with Gasteiger partial charge in [-0.2, -0.15) is 0 Å². The Balaban J connectivity index is 3.12. The van der Waals surface area contributed by atoms with Gasteiger partial charge in [-0.25, -0.2) is 4.79 Å². The highest BCUT2D eigenvalue weighted by Crippen LogP contribution is 2.15. The van der Waals surface area contributed by atoms with E-state index >= 15 is 0 Å². The lowest BCUT2D eigenvalue weighted by atomic mass is 10.0. The van der Waals surface area contributed by atoms with Crippen molar-refractivity contribution in [3.63, 3.8) is 0 Å². The lowest BCUT2D eigenvalue weighted by Crippen LogP contribution is -1.84. The molecule has 0 rings (SSSR count). The molecule has 0 aromatic carbocycles. The van der Waals surface area contributed by atoms with E-state index in [4.69, 9.17) is 5.11 Å². The topological polar surface area (TPSA) is 37.3 Å². The van der Waals surface area contributed by atoms with Gasteiger partial charge >= 0.3 is 5.97 Å². The highest BCUT2D eigenvalue weighted by molar-refractivity contribution is 5.80. The molecule has 0 bridgehead atoms. The van der Waals surface area contributed by atoms with Crippen LogP contribution >= 0.6 is 0 Å². The molecule has 1 N–H and O–H groups in total. The summed E-state index contributed by atoms with van der Waals surface area (Å²) < 4.78 is 0. The number of hydrogen-bond donors (Lipinski definition) is 1. The summed E-state index contributed by atoms with van der Waals surface area (Å²) in [6, 6.07) is 0. The fraction of sp³-hybridized carbons (Fsp3) is 0.774. The molecule has 0 aliphatic carbocycles. The molecule has 0 spiro atoms. The predicted molar refractivity (Wildman–Crippen MR) is 147 cm³/mol. The van der Waals surface area contributed by atoms with Crippen LogP contribution in [0.25, 0.3) is 0 Å². The van der Waals surface area contributed by atoms with Gasteiger partial charge in [0, 0.05) is 6.08 Å². The third-order valence-corrected chi connectivity index (χ3v) is 6.43. The van der Waals surface area contributed by atoms with Crippen LogP contribution in [-0.2, 0) is 4.79 Å². The van der Waals surface area contributed by atoms with Crippen molar-refractivity contribution in [2.45, 2.75) is 155 Å². The number of allylic oxidation sites excluding steroid dienone is 5. The SMILES string of the molecule is CCCCCCCCCCCCCCCCCCCCCCCCC=CC=CC=CC(=O)O. The highest BCUT2D eigenvalue weighted by atomic mass is 16.4. The molecule has 2 heteroatoms. The molecular formula is C31H56O2. The molecule has 0 amide bonds. The van der Waals surface area contributed by atoms with Gasteiger partial charge in [-0.15, -0.1) is 0 Å². The highest BCUT2D eigenvalue weighted by Gasteiger charge is 1.95. The van der Waals surface area contributed by atoms with E-state index in [0.29, 0.717) is 0 Å². The standard InChI is InChI=1S/C31H56O2/c1-2-3-4-5-6-7-8-9-10-11-12-13-14-15-16-17-18-19-20-21-22-23-24-25-26-27-28-29-30-31(32)33/h25-30H,2-24H2,1H3,(H,32,33). The summed E-state index contributed by atoms with van der Waals surface area (Å²) in [5.41, 5.74) is 0. The second-order valence-corrected chi connectivity index (χ2v) is 9.72. The van der Waals surface area contributed by atoms with Crippen molar-refractivity contribution in [1.29, 1.82) is 0 Å². The fourth-order valence-electron chi connectivity index (χ4n) is 4.31. The molecule has 0 saturated carbocycles. The van der Waals surface area contributed by atoms with Crippen molar-refractivity contribution < 1.29 is 9.90 Å². The number of carbonyl (C=O) groups is 1. The Kier molecular flexibility index (Phi) is 27.6. The predicted octanol–water partition coefficient (Wildman–Crippen LogP) is 10.7. The zero-order chi connectivity index (χ0) is 24.1. The Morgan fingerprint density at radius 1 is 0.485 bits per heavy atom. The van der Waals surface area contributed by atoms with Crippen LogP contribution in [0.3, 0.4) is 0 Å². The van der Waals surface area contributed by atoms with Crippen LogP contribution in [0.15, 0.2) is 36.5 Å². The van der Waals surface area contributed by atoms with Gasteiger partial charge < -0.3 is 5.11 Å². The minimum atomic E-state index is -0.904. The van der Waals surface area contributed by atoms with Gasteiger partial charge in [0.15, 0.2) is 0 Å². The van der Waals surface area contributed by atoms with Crippen molar-refractivity contribution in [2.75, 3.05) is 0 Å². The lowest BCUT2D eigenvalue weighted by Gasteiger charge is -2.04. The van der Waals surface area contributed by atoms with E-state index in [1.54, 1.807) is 12.2 Å². The summed E-state index contributed by atoms with van der Waals surface area (Å²) in [5.74, 6) is -0.904. The van der Waals surface area contributed by atoms with Crippen LogP contribution in [-0.4, -0.2) is 11.1 Å². The average molecular weight is 461 g/mol. The van der Waals surface area contributed by atoms with Gasteiger partial charge in [-0.05, 0) is 12.8 Å². The summed E-state index contributed by atoms with van der Waals surface area (Å²) in [4.78, 5) is 10.3. The molecule has 2 nitrogen and oxygen atoms in total. The van der Waals surface area contributed by atoms with E-state index in [1.165, 1.54) is 141 Å². The minimum absolute atomic E-state index is 0.904. The minimum Gasteiger partial charge on any atom is -0.478 e. The summed E-state index contributed by atoms with van der Waals surface area (Å²) >= 11 is 0. The zero-order valence-corrected chi connectivity index (χ0v) is 22.1. The lowest BCUT2D eigenvalue weighted by molar-refractivity contribution is -0.131. The molecular weight excluding hydrogens is 404 g/mol. The number of aliphatic carboxylic acids is 1. The fourth-order valence-corrected chi connectivity index (χ4v) is 4.31. The Labute approximate surface area is 207 Å². The third kappa shape index (κ3) is 30.7. The molecule has 0 unspecified atom stereocenters. The van der Waals surface area contributed by atoms with Gasteiger partial charge in [-0.1, -0.05) is 172 Å². The van der Waals surface area contributed by atoms with E-state index in [0.717, 1.165) is 12.5 Å². The number of carboxylic acids is 1. The zero-order valence-electron chi connectivity index (χ0n) is 22.1. The molecule has 192 valence electrons. The largest absolute Gasteiger partial charge is 0.478 e. The molecule has 0 radical (unpaired) electrons. The normalized spacial score (nSPS) is 12.0. The first-order valence-electron chi connectivity index (χ1n) is 14.5. The molecule has 0 aliphatic rings. The first-order chi connectivity index (χ1) is 16.3. The van der Waals surface area contributed by atoms with Crippen LogP contribution in [0.2, 0.25) is 0 Å². The Bertz CT molecular complexity index is 475. The molecule has 0 fully saturated rings. The number of rotatable bonds is 26. The van der Waals surface area contributed by atoms with E-state index < -0.39 is 5.97 Å². The van der Waals surface area contributed by atoms with Crippen molar-refractivity contribution in [2.24, 2.45) is 0 Å². The van der Waals surface area contributed by atoms with Gasteiger partial charge in [0.25, 0.3) is 0 Å². The Morgan fingerprint density at radius 3 is 1.18 bits per heavy atom. The van der Waals surface area contributed by atoms with Crippen LogP contribution < -0.4 is 0 Å². The second kappa shape index (κ2) is 28.7. The first-order valence-corrected chi connectivity index (χ1v) is 14.5. The van der Waals surface area contributed by atoms with E-state index in [2.05, 4.69) is 13.0 Å². The van der Waals surface area contributed by atoms with Gasteiger partial charge in [0.05, 0.1) is 0 Å². The molecule has 0 aliphatic heterocycles. The third-order valence-electron chi connectivity index (χ3n) is 6.43. The van der Waals surface area contributed by atoms with Crippen molar-refractivity contribution in [1.82, 2.24) is 0 Å². The number of unbranched alkanes of at least 4 members (excludes halogenated alkanes) is 22. The van der Waals surface area contributed by atoms with E-state index in [-0.39, 0.29) is 0 Å². The summed E-state index contributed by atoms with van der Waals surface area (Å²) in [6.45, 7) is 2.29. The van der Waals surface area contributed by atoms with Gasteiger partial charge in [0.1, 0.15) is 0 Å². The second-order valence-electron chi connectivity index (χ2n) is 9.72. The maximum Gasteiger partial charge on any atom is 0.328 e. The number of hydrogen-bond acceptors (Lipinski definition) is 1. The van der Waals surface area contributed by atoms with Gasteiger partial charge in [0.2, 0.25) is 0 Å². The van der Waals surface area contributed by atoms with Crippen molar-refractivity contribution in [3.8, 4) is 0 Å². The van der Waals surface area contributed by atoms with Crippen LogP contribution in [0.5, 0.6) is 0 Å². The monoisotopic (exact) mass is 460 g/mol. The van der Waals surface area contributed by atoms with Crippen LogP contribution in [0.4, 0.5) is 0 Å². The van der Waals surface area contributed by atoms with Crippen LogP contribution in [0.1, 0.15) is 155 Å². The van der Waals surface area contributed by atoms with E-state index in [1.807, 2.05) is 12.2 Å². The summed E-state index contributed by atoms with van der Waals surface area (Å²) in [6.07, 6.45) is 43.0. The molecule has 0 saturated heterocycles. The quantitative estimate of drug-likeness (QED) is 0.0791. The maximum atomic E-state index is 10.3. The Morgan fingerprint density at radius 2 is 0.818 bits per heavy atom. The van der Waals surface area contributed by atoms with E-state index in [9.17, 15) is 4.79 Å². The number of carboxylic acid groups (broad SMARTS) is 1. The molecule has 0 atom stereocenters. The first kappa shape index (κ1) is 31.7. The summed E-state index contributed by atoms with van der Waals surface area (Å²) in [5, 5.41) is 8.47. The Hall–Kier alpha value is -1.31. The van der Waals surface area contributed by atoms with Crippen molar-refractivity contribution in [3.05, 3.63) is 36.5 Å². The van der Waals surface area contributed by atoms with Crippen molar-refractivity contribution >= 4 is 5.97 Å².